The van der Waals surface area contributed by atoms with Crippen molar-refractivity contribution in [2.24, 2.45) is 5.73 Å². The van der Waals surface area contributed by atoms with Gasteiger partial charge in [-0.2, -0.15) is 0 Å². The van der Waals surface area contributed by atoms with Gasteiger partial charge in [0.25, 0.3) is 0 Å². The average molecular weight is 236 g/mol. The Bertz CT molecular complexity index is 339. The van der Waals surface area contributed by atoms with Crippen LogP contribution in [0.4, 0.5) is 0 Å². The topological polar surface area (TPSA) is 55.6 Å². The van der Waals surface area contributed by atoms with Crippen LogP contribution in [0, 0.1) is 0 Å². The van der Waals surface area contributed by atoms with Crippen LogP contribution in [-0.2, 0) is 4.79 Å². The van der Waals surface area contributed by atoms with Crippen LogP contribution in [0.5, 0.6) is 5.75 Å². The fraction of sp³-hybridized carbons (Fsp3) is 0.462. The van der Waals surface area contributed by atoms with Crippen molar-refractivity contribution in [1.29, 1.82) is 0 Å². The fourth-order valence-corrected chi connectivity index (χ4v) is 1.47. The second-order valence-electron chi connectivity index (χ2n) is 4.06. The highest BCUT2D eigenvalue weighted by molar-refractivity contribution is 5.80. The second-order valence-corrected chi connectivity index (χ2v) is 4.06. The quantitative estimate of drug-likeness (QED) is 0.757. The van der Waals surface area contributed by atoms with Gasteiger partial charge in [0, 0.05) is 13.6 Å². The third-order valence-corrected chi connectivity index (χ3v) is 2.42. The molecule has 4 heteroatoms. The Morgan fingerprint density at radius 2 is 2.06 bits per heavy atom. The van der Waals surface area contributed by atoms with E-state index in [9.17, 15) is 4.79 Å². The Morgan fingerprint density at radius 3 is 2.65 bits per heavy atom. The molecule has 0 aromatic heterocycles. The molecule has 4 nitrogen and oxygen atoms in total. The summed E-state index contributed by atoms with van der Waals surface area (Å²) in [6.07, 6.45) is 0.795. The van der Waals surface area contributed by atoms with E-state index in [2.05, 4.69) is 0 Å². The molecular formula is C13H20N2O2. The van der Waals surface area contributed by atoms with Gasteiger partial charge in [-0.15, -0.1) is 0 Å². The SMILES string of the molecule is C[C@@H](N)C(=O)N(C)CCCOc1ccccc1. The van der Waals surface area contributed by atoms with Gasteiger partial charge in [-0.1, -0.05) is 18.2 Å². The summed E-state index contributed by atoms with van der Waals surface area (Å²) in [5.74, 6) is 0.818. The number of hydrogen-bond acceptors (Lipinski definition) is 3. The number of amides is 1. The first-order valence-electron chi connectivity index (χ1n) is 5.79. The lowest BCUT2D eigenvalue weighted by Crippen LogP contribution is -2.40. The molecule has 0 aliphatic heterocycles. The zero-order chi connectivity index (χ0) is 12.7. The Morgan fingerprint density at radius 1 is 1.41 bits per heavy atom. The third kappa shape index (κ3) is 4.87. The van der Waals surface area contributed by atoms with Crippen LogP contribution < -0.4 is 10.5 Å². The van der Waals surface area contributed by atoms with Crippen LogP contribution in [0.25, 0.3) is 0 Å². The Labute approximate surface area is 102 Å². The summed E-state index contributed by atoms with van der Waals surface area (Å²) in [6.45, 7) is 2.95. The molecule has 0 saturated carbocycles. The number of carbonyl (C=O) groups is 1. The minimum Gasteiger partial charge on any atom is -0.494 e. The normalized spacial score (nSPS) is 11.9. The maximum absolute atomic E-state index is 11.5. The standard InChI is InChI=1S/C13H20N2O2/c1-11(14)13(16)15(2)9-6-10-17-12-7-4-3-5-8-12/h3-5,7-8,11H,6,9-10,14H2,1-2H3/t11-/m1/s1. The highest BCUT2D eigenvalue weighted by atomic mass is 16.5. The molecule has 1 aromatic rings. The molecule has 1 atom stereocenters. The van der Waals surface area contributed by atoms with E-state index < -0.39 is 6.04 Å². The van der Waals surface area contributed by atoms with Crippen molar-refractivity contribution in [1.82, 2.24) is 4.90 Å². The van der Waals surface area contributed by atoms with Gasteiger partial charge in [0.15, 0.2) is 0 Å². The fourth-order valence-electron chi connectivity index (χ4n) is 1.47. The predicted molar refractivity (Wildman–Crippen MR) is 67.8 cm³/mol. The predicted octanol–water partition coefficient (Wildman–Crippen LogP) is 1.26. The van der Waals surface area contributed by atoms with E-state index in [1.165, 1.54) is 0 Å². The first kappa shape index (κ1) is 13.5. The lowest BCUT2D eigenvalue weighted by atomic mass is 10.3. The van der Waals surface area contributed by atoms with Gasteiger partial charge in [-0.05, 0) is 25.5 Å². The molecule has 0 radical (unpaired) electrons. The minimum absolute atomic E-state index is 0.0373. The van der Waals surface area contributed by atoms with Crippen LogP contribution in [0.1, 0.15) is 13.3 Å². The number of ether oxygens (including phenoxy) is 1. The molecule has 0 aliphatic rings. The number of rotatable bonds is 6. The highest BCUT2D eigenvalue weighted by Gasteiger charge is 2.12. The van der Waals surface area contributed by atoms with Gasteiger partial charge in [-0.3, -0.25) is 4.79 Å². The van der Waals surface area contributed by atoms with Crippen LogP contribution in [0.2, 0.25) is 0 Å². The summed E-state index contributed by atoms with van der Waals surface area (Å²) >= 11 is 0. The van der Waals surface area contributed by atoms with E-state index in [1.54, 1.807) is 18.9 Å². The maximum Gasteiger partial charge on any atom is 0.238 e. The number of likely N-dealkylation sites (N-methyl/N-ethyl adjacent to an activating group) is 1. The molecule has 0 saturated heterocycles. The first-order valence-corrected chi connectivity index (χ1v) is 5.79. The van der Waals surface area contributed by atoms with Crippen molar-refractivity contribution in [2.45, 2.75) is 19.4 Å². The second kappa shape index (κ2) is 6.91. The largest absolute Gasteiger partial charge is 0.494 e. The first-order chi connectivity index (χ1) is 8.11. The number of nitrogens with two attached hydrogens (primary N) is 1. The van der Waals surface area contributed by atoms with Crippen molar-refractivity contribution >= 4 is 5.91 Å². The van der Waals surface area contributed by atoms with Crippen LogP contribution in [0.3, 0.4) is 0 Å². The van der Waals surface area contributed by atoms with Gasteiger partial charge in [0.05, 0.1) is 12.6 Å². The number of carbonyl (C=O) groups excluding carboxylic acids is 1. The molecule has 1 aromatic carbocycles. The van der Waals surface area contributed by atoms with E-state index in [0.29, 0.717) is 13.2 Å². The lowest BCUT2D eigenvalue weighted by molar-refractivity contribution is -0.130. The minimum atomic E-state index is -0.435. The van der Waals surface area contributed by atoms with Crippen LogP contribution in [-0.4, -0.2) is 37.0 Å². The summed E-state index contributed by atoms with van der Waals surface area (Å²) in [6, 6.07) is 9.20. The Balaban J connectivity index is 2.18. The Hall–Kier alpha value is -1.55. The summed E-state index contributed by atoms with van der Waals surface area (Å²) in [5, 5.41) is 0. The molecular weight excluding hydrogens is 216 g/mol. The van der Waals surface area contributed by atoms with Gasteiger partial charge in [0.2, 0.25) is 5.91 Å². The van der Waals surface area contributed by atoms with Crippen molar-refractivity contribution in [3.8, 4) is 5.75 Å². The van der Waals surface area contributed by atoms with Gasteiger partial charge in [-0.25, -0.2) is 0 Å². The monoisotopic (exact) mass is 236 g/mol. The van der Waals surface area contributed by atoms with E-state index in [4.69, 9.17) is 10.5 Å². The lowest BCUT2D eigenvalue weighted by Gasteiger charge is -2.19. The molecule has 0 fully saturated rings. The summed E-state index contributed by atoms with van der Waals surface area (Å²) in [4.78, 5) is 13.1. The summed E-state index contributed by atoms with van der Waals surface area (Å²) < 4.78 is 5.53. The van der Waals surface area contributed by atoms with E-state index in [0.717, 1.165) is 12.2 Å². The van der Waals surface area contributed by atoms with Gasteiger partial charge < -0.3 is 15.4 Å². The Kier molecular flexibility index (Phi) is 5.49. The summed E-state index contributed by atoms with van der Waals surface area (Å²) in [7, 11) is 1.76. The molecule has 17 heavy (non-hydrogen) atoms. The number of nitrogens with zero attached hydrogens (tertiary/aromatic N) is 1. The smallest absolute Gasteiger partial charge is 0.238 e. The number of hydrogen-bond donors (Lipinski definition) is 1. The van der Waals surface area contributed by atoms with Crippen LogP contribution >= 0.6 is 0 Å². The zero-order valence-corrected chi connectivity index (χ0v) is 10.4. The molecule has 94 valence electrons. The molecule has 2 N–H and O–H groups in total. The van der Waals surface area contributed by atoms with Crippen molar-refractivity contribution < 1.29 is 9.53 Å². The maximum atomic E-state index is 11.5. The molecule has 0 spiro atoms. The van der Waals surface area contributed by atoms with Crippen molar-refractivity contribution in [2.75, 3.05) is 20.2 Å². The molecule has 1 rings (SSSR count). The van der Waals surface area contributed by atoms with E-state index in [1.807, 2.05) is 30.3 Å². The van der Waals surface area contributed by atoms with E-state index in [-0.39, 0.29) is 5.91 Å². The van der Waals surface area contributed by atoms with Crippen molar-refractivity contribution in [3.63, 3.8) is 0 Å². The molecule has 0 bridgehead atoms. The zero-order valence-electron chi connectivity index (χ0n) is 10.4. The van der Waals surface area contributed by atoms with E-state index >= 15 is 0 Å². The van der Waals surface area contributed by atoms with Crippen LogP contribution in [0.15, 0.2) is 30.3 Å². The highest BCUT2D eigenvalue weighted by Crippen LogP contribution is 2.08. The molecule has 0 unspecified atom stereocenters. The van der Waals surface area contributed by atoms with Gasteiger partial charge in [0.1, 0.15) is 5.75 Å². The van der Waals surface area contributed by atoms with Gasteiger partial charge >= 0.3 is 0 Å². The molecule has 0 aliphatic carbocycles. The average Bonchev–Trinajstić information content (AvgIpc) is 2.34. The van der Waals surface area contributed by atoms with Crippen molar-refractivity contribution in [3.05, 3.63) is 30.3 Å². The summed E-state index contributed by atoms with van der Waals surface area (Å²) in [5.41, 5.74) is 5.51. The number of benzene rings is 1. The number of para-hydroxylation sites is 1. The molecule has 1 amide bonds. The third-order valence-electron chi connectivity index (χ3n) is 2.42. The molecule has 0 heterocycles.